The fraction of sp³-hybridized carbons (Fsp3) is 0.500. The van der Waals surface area contributed by atoms with Crippen LogP contribution in [0, 0.1) is 0 Å². The van der Waals surface area contributed by atoms with Gasteiger partial charge in [0.15, 0.2) is 0 Å². The van der Waals surface area contributed by atoms with Crippen molar-refractivity contribution in [2.75, 3.05) is 0 Å². The zero-order chi connectivity index (χ0) is 6.78. The summed E-state index contributed by atoms with van der Waals surface area (Å²) in [6.45, 7) is 0. The maximum absolute atomic E-state index is 10.9. The molecule has 0 aromatic heterocycles. The van der Waals surface area contributed by atoms with E-state index in [1.165, 1.54) is 0 Å². The van der Waals surface area contributed by atoms with Crippen molar-refractivity contribution in [3.8, 4) is 0 Å². The van der Waals surface area contributed by atoms with Crippen molar-refractivity contribution in [2.24, 2.45) is 0 Å². The van der Waals surface area contributed by atoms with Crippen LogP contribution in [0.25, 0.3) is 0 Å². The molecule has 0 radical (unpaired) electrons. The van der Waals surface area contributed by atoms with Crippen molar-refractivity contribution in [3.05, 3.63) is 0 Å². The molecular formula is C2H2F3LiOS2. The molecule has 0 N–H and O–H groups in total. The third kappa shape index (κ3) is 12.0. The molecule has 0 saturated heterocycles. The van der Waals surface area contributed by atoms with Gasteiger partial charge in [-0.25, -0.2) is 0 Å². The van der Waals surface area contributed by atoms with Gasteiger partial charge < -0.3 is 4.74 Å². The van der Waals surface area contributed by atoms with Crippen molar-refractivity contribution < 1.29 is 17.9 Å². The van der Waals surface area contributed by atoms with Crippen molar-refractivity contribution in [1.29, 1.82) is 0 Å². The van der Waals surface area contributed by atoms with Crippen LogP contribution in [0.15, 0.2) is 0 Å². The molecule has 0 bridgehead atoms. The summed E-state index contributed by atoms with van der Waals surface area (Å²) in [5, 5.41) is 0. The molecule has 0 unspecified atom stereocenters. The molecule has 50 valence electrons. The molecule has 0 aliphatic rings. The van der Waals surface area contributed by atoms with Gasteiger partial charge in [0.1, 0.15) is 0 Å². The first kappa shape index (κ1) is 12.3. The minimum absolute atomic E-state index is 0. The quantitative estimate of drug-likeness (QED) is 0.331. The van der Waals surface area contributed by atoms with Gasteiger partial charge in [-0.3, -0.25) is 0 Å². The monoisotopic (exact) mass is 170 g/mol. The Balaban J connectivity index is 0. The normalized spacial score (nSPS) is 9.78. The van der Waals surface area contributed by atoms with Crippen LogP contribution < -0.4 is 0 Å². The molecule has 0 spiro atoms. The fourth-order valence-corrected chi connectivity index (χ4v) is 0.297. The van der Waals surface area contributed by atoms with Gasteiger partial charge in [-0.1, -0.05) is 12.6 Å². The number of ether oxygens (including phenoxy) is 1. The summed E-state index contributed by atoms with van der Waals surface area (Å²) in [6.07, 6.45) is -4.70. The second-order valence-corrected chi connectivity index (χ2v) is 1.89. The van der Waals surface area contributed by atoms with E-state index in [9.17, 15) is 13.2 Å². The van der Waals surface area contributed by atoms with E-state index in [0.717, 1.165) is 0 Å². The van der Waals surface area contributed by atoms with E-state index in [1.807, 2.05) is 0 Å². The van der Waals surface area contributed by atoms with Crippen LogP contribution in [0.5, 0.6) is 0 Å². The molecule has 7 heteroatoms. The first-order valence-corrected chi connectivity index (χ1v) is 2.26. The molecule has 0 atom stereocenters. The van der Waals surface area contributed by atoms with Gasteiger partial charge >= 0.3 is 25.2 Å². The molecule has 9 heavy (non-hydrogen) atoms. The van der Waals surface area contributed by atoms with E-state index < -0.39 is 10.7 Å². The predicted molar refractivity (Wildman–Crippen MR) is 35.9 cm³/mol. The summed E-state index contributed by atoms with van der Waals surface area (Å²) in [7, 11) is 0. The number of thiol groups is 1. The average Bonchev–Trinajstić information content (AvgIpc) is 1.21. The zero-order valence-electron chi connectivity index (χ0n) is 3.40. The number of hydrogen-bond acceptors (Lipinski definition) is 2. The molecule has 0 fully saturated rings. The summed E-state index contributed by atoms with van der Waals surface area (Å²) in [5.41, 5.74) is 0. The number of rotatable bonds is 0. The van der Waals surface area contributed by atoms with Gasteiger partial charge in [0, 0.05) is 0 Å². The second-order valence-electron chi connectivity index (χ2n) is 0.814. The number of thiocarbonyl (C=S) groups is 1. The van der Waals surface area contributed by atoms with E-state index in [4.69, 9.17) is 0 Å². The Hall–Kier alpha value is 0.627. The Labute approximate surface area is 72.5 Å². The van der Waals surface area contributed by atoms with Crippen LogP contribution in [-0.4, -0.2) is 29.6 Å². The van der Waals surface area contributed by atoms with Crippen LogP contribution >= 0.6 is 24.8 Å². The molecule has 0 aromatic carbocycles. The number of alkyl halides is 3. The summed E-state index contributed by atoms with van der Waals surface area (Å²) >= 11 is 6.95. The van der Waals surface area contributed by atoms with Crippen molar-refractivity contribution in [3.63, 3.8) is 0 Å². The van der Waals surface area contributed by atoms with Crippen LogP contribution in [0.1, 0.15) is 0 Å². The maximum atomic E-state index is 10.9. The Morgan fingerprint density at radius 1 is 1.44 bits per heavy atom. The second kappa shape index (κ2) is 4.44. The summed E-state index contributed by atoms with van der Waals surface area (Å²) in [5.74, 6) is 0. The van der Waals surface area contributed by atoms with Gasteiger partial charge in [0.25, 0.3) is 0 Å². The van der Waals surface area contributed by atoms with Crippen molar-refractivity contribution in [1.82, 2.24) is 0 Å². The van der Waals surface area contributed by atoms with Gasteiger partial charge in [0.05, 0.1) is 0 Å². The van der Waals surface area contributed by atoms with E-state index in [0.29, 0.717) is 0 Å². The summed E-state index contributed by atoms with van der Waals surface area (Å²) < 4.78 is 35.1. The number of hydrogen-bond donors (Lipinski definition) is 1. The van der Waals surface area contributed by atoms with Crippen LogP contribution in [0.4, 0.5) is 13.2 Å². The molecule has 1 nitrogen and oxygen atoms in total. The Morgan fingerprint density at radius 2 is 1.78 bits per heavy atom. The zero-order valence-corrected chi connectivity index (χ0v) is 5.11. The predicted octanol–water partition coefficient (Wildman–Crippen LogP) is 1.09. The SMILES string of the molecule is FC(F)(F)OC(=S)S.[LiH]. The third-order valence-corrected chi connectivity index (χ3v) is 0.378. The van der Waals surface area contributed by atoms with Crippen LogP contribution in [0.2, 0.25) is 0 Å². The van der Waals surface area contributed by atoms with Gasteiger partial charge in [0.2, 0.25) is 4.38 Å². The van der Waals surface area contributed by atoms with Gasteiger partial charge in [-0.2, -0.15) is 0 Å². The van der Waals surface area contributed by atoms with Crippen molar-refractivity contribution in [2.45, 2.75) is 6.36 Å². The molecule has 0 saturated carbocycles. The Kier molecular flexibility index (Phi) is 6.08. The van der Waals surface area contributed by atoms with Gasteiger partial charge in [-0.15, -0.1) is 13.2 Å². The molecule has 0 aromatic rings. The van der Waals surface area contributed by atoms with Crippen LogP contribution in [-0.2, 0) is 4.74 Å². The standard InChI is InChI=1S/C2HF3OS2.Li.H/c3-2(4,5)6-1(7)8;;/h(H,7,8);;. The van der Waals surface area contributed by atoms with E-state index in [2.05, 4.69) is 29.6 Å². The van der Waals surface area contributed by atoms with Crippen LogP contribution in [0.3, 0.4) is 0 Å². The van der Waals surface area contributed by atoms with E-state index in [-0.39, 0.29) is 18.9 Å². The third-order valence-electron chi connectivity index (χ3n) is 0.203. The molecule has 0 aliphatic carbocycles. The summed E-state index contributed by atoms with van der Waals surface area (Å²) in [4.78, 5) is 0. The molecule has 0 rings (SSSR count). The summed E-state index contributed by atoms with van der Waals surface area (Å²) in [6, 6.07) is 0. The Bertz CT molecular complexity index is 102. The molecule has 0 heterocycles. The molecular weight excluding hydrogens is 168 g/mol. The van der Waals surface area contributed by atoms with Crippen molar-refractivity contribution >= 4 is 48.1 Å². The van der Waals surface area contributed by atoms with E-state index >= 15 is 0 Å². The molecule has 0 aliphatic heterocycles. The molecule has 0 amide bonds. The van der Waals surface area contributed by atoms with E-state index in [1.54, 1.807) is 0 Å². The Morgan fingerprint density at radius 3 is 1.78 bits per heavy atom. The fourth-order valence-electron chi connectivity index (χ4n) is 0.0990. The average molecular weight is 170 g/mol. The number of halogens is 3. The minimum atomic E-state index is -4.70. The first-order chi connectivity index (χ1) is 3.42. The van der Waals surface area contributed by atoms with Gasteiger partial charge in [-0.05, 0) is 12.2 Å². The first-order valence-electron chi connectivity index (χ1n) is 1.40. The topological polar surface area (TPSA) is 9.23 Å².